The summed E-state index contributed by atoms with van der Waals surface area (Å²) in [5.74, 6) is -1.38. The average Bonchev–Trinajstić information content (AvgIpc) is 3.00. The Morgan fingerprint density at radius 1 is 0.545 bits per heavy atom. The van der Waals surface area contributed by atoms with Crippen LogP contribution in [0.2, 0.25) is 0 Å². The van der Waals surface area contributed by atoms with Crippen LogP contribution in [0.1, 0.15) is 213 Å². The Morgan fingerprint density at radius 2 is 0.932 bits per heavy atom. The second kappa shape index (κ2) is 27.7. The molecule has 0 aromatic heterocycles. The fraction of sp³-hybridized carbons (Fsp3) is 0.850. The molecule has 0 aliphatic heterocycles. The van der Waals surface area contributed by atoms with Crippen molar-refractivity contribution < 1.29 is 19.8 Å². The molecule has 4 heteroatoms. The molecule has 1 unspecified atom stereocenters. The zero-order valence-electron chi connectivity index (χ0n) is 29.3. The minimum absolute atomic E-state index is 0.270. The van der Waals surface area contributed by atoms with Gasteiger partial charge < -0.3 is 10.2 Å². The van der Waals surface area contributed by atoms with Crippen molar-refractivity contribution in [3.05, 3.63) is 23.3 Å². The van der Waals surface area contributed by atoms with E-state index in [-0.39, 0.29) is 18.3 Å². The first-order valence-electron chi connectivity index (χ1n) is 19.3. The molecule has 1 aliphatic rings. The molecule has 0 spiro atoms. The number of hydrogen-bond donors (Lipinski definition) is 2. The van der Waals surface area contributed by atoms with Crippen LogP contribution in [0.4, 0.5) is 0 Å². The van der Waals surface area contributed by atoms with Gasteiger partial charge in [0, 0.05) is 12.8 Å². The highest BCUT2D eigenvalue weighted by molar-refractivity contribution is 5.66. The monoisotopic (exact) mass is 617 g/mol. The lowest BCUT2D eigenvalue weighted by molar-refractivity contribution is -0.138. The minimum atomic E-state index is -0.693. The topological polar surface area (TPSA) is 74.6 Å². The van der Waals surface area contributed by atoms with Gasteiger partial charge in [-0.15, -0.1) is 0 Å². The normalized spacial score (nSPS) is 16.6. The fourth-order valence-corrected chi connectivity index (χ4v) is 7.11. The summed E-state index contributed by atoms with van der Waals surface area (Å²) in [6.07, 6.45) is 41.8. The van der Waals surface area contributed by atoms with E-state index in [0.29, 0.717) is 0 Å². The molecule has 0 saturated carbocycles. The maximum atomic E-state index is 11.0. The van der Waals surface area contributed by atoms with Crippen LogP contribution in [0, 0.1) is 5.41 Å². The van der Waals surface area contributed by atoms with Crippen LogP contribution in [0.15, 0.2) is 23.3 Å². The van der Waals surface area contributed by atoms with Crippen LogP contribution in [0.5, 0.6) is 0 Å². The first kappa shape index (κ1) is 40.4. The van der Waals surface area contributed by atoms with Crippen molar-refractivity contribution in [1.82, 2.24) is 0 Å². The predicted octanol–water partition coefficient (Wildman–Crippen LogP) is 13.1. The minimum Gasteiger partial charge on any atom is -0.481 e. The van der Waals surface area contributed by atoms with Crippen molar-refractivity contribution in [1.29, 1.82) is 0 Å². The van der Waals surface area contributed by atoms with Crippen LogP contribution >= 0.6 is 0 Å². The molecule has 0 heterocycles. The predicted molar refractivity (Wildman–Crippen MR) is 188 cm³/mol. The van der Waals surface area contributed by atoms with Gasteiger partial charge in [0.25, 0.3) is 0 Å². The van der Waals surface area contributed by atoms with Crippen molar-refractivity contribution >= 4 is 11.9 Å². The van der Waals surface area contributed by atoms with E-state index in [2.05, 4.69) is 26.0 Å². The Kier molecular flexibility index (Phi) is 25.5. The lowest BCUT2D eigenvalue weighted by Crippen LogP contribution is -2.22. The van der Waals surface area contributed by atoms with E-state index < -0.39 is 11.9 Å². The molecule has 0 aromatic carbocycles. The SMILES string of the molecule is CCCCCCCCCCCCC1(CCCCCCCCCC)C=CC(CCCCCC(=O)O)=C(CCCCCC(=O)O)C1. The molecule has 1 rings (SSSR count). The number of unbranched alkanes of at least 4 members (excludes halogenated alkanes) is 20. The summed E-state index contributed by atoms with van der Waals surface area (Å²) in [7, 11) is 0. The third-order valence-corrected chi connectivity index (χ3v) is 9.92. The first-order chi connectivity index (χ1) is 21.4. The lowest BCUT2D eigenvalue weighted by atomic mass is 9.68. The Hall–Kier alpha value is -1.58. The first-order valence-corrected chi connectivity index (χ1v) is 19.3. The summed E-state index contributed by atoms with van der Waals surface area (Å²) < 4.78 is 0. The highest BCUT2D eigenvalue weighted by Crippen LogP contribution is 2.45. The summed E-state index contributed by atoms with van der Waals surface area (Å²) in [6, 6.07) is 0. The second-order valence-corrected chi connectivity index (χ2v) is 14.1. The van der Waals surface area contributed by atoms with Gasteiger partial charge in [-0.1, -0.05) is 160 Å². The smallest absolute Gasteiger partial charge is 0.303 e. The zero-order chi connectivity index (χ0) is 32.1. The maximum absolute atomic E-state index is 11.0. The number of aliphatic carboxylic acids is 2. The van der Waals surface area contributed by atoms with Gasteiger partial charge in [0.2, 0.25) is 0 Å². The Labute approximate surface area is 272 Å². The molecule has 44 heavy (non-hydrogen) atoms. The Bertz CT molecular complexity index is 782. The van der Waals surface area contributed by atoms with Crippen LogP contribution in [-0.4, -0.2) is 22.2 Å². The van der Waals surface area contributed by atoms with E-state index in [1.165, 1.54) is 140 Å². The molecule has 256 valence electrons. The van der Waals surface area contributed by atoms with Gasteiger partial charge in [-0.25, -0.2) is 0 Å². The molecule has 1 aliphatic carbocycles. The van der Waals surface area contributed by atoms with Crippen LogP contribution < -0.4 is 0 Å². The number of allylic oxidation sites excluding steroid dienone is 4. The molecular formula is C40H72O4. The van der Waals surface area contributed by atoms with Crippen molar-refractivity contribution in [2.75, 3.05) is 0 Å². The Morgan fingerprint density at radius 3 is 1.36 bits per heavy atom. The molecule has 0 radical (unpaired) electrons. The number of hydrogen-bond acceptors (Lipinski definition) is 2. The summed E-state index contributed by atoms with van der Waals surface area (Å²) in [4.78, 5) is 21.9. The average molecular weight is 617 g/mol. The Balaban J connectivity index is 2.75. The van der Waals surface area contributed by atoms with Crippen molar-refractivity contribution in [3.63, 3.8) is 0 Å². The summed E-state index contributed by atoms with van der Waals surface area (Å²) in [6.45, 7) is 4.57. The quantitative estimate of drug-likeness (QED) is 0.0737. The molecule has 0 amide bonds. The van der Waals surface area contributed by atoms with Crippen molar-refractivity contribution in [2.45, 2.75) is 213 Å². The molecule has 0 fully saturated rings. The van der Waals surface area contributed by atoms with E-state index in [1.54, 1.807) is 5.57 Å². The zero-order valence-corrected chi connectivity index (χ0v) is 29.3. The van der Waals surface area contributed by atoms with Gasteiger partial charge in [-0.05, 0) is 68.8 Å². The van der Waals surface area contributed by atoms with Crippen molar-refractivity contribution in [2.24, 2.45) is 5.41 Å². The molecule has 0 bridgehead atoms. The van der Waals surface area contributed by atoms with Gasteiger partial charge >= 0.3 is 11.9 Å². The second-order valence-electron chi connectivity index (χ2n) is 14.1. The van der Waals surface area contributed by atoms with Gasteiger partial charge in [-0.3, -0.25) is 9.59 Å². The van der Waals surface area contributed by atoms with Gasteiger partial charge in [0.1, 0.15) is 0 Å². The molecule has 4 nitrogen and oxygen atoms in total. The lowest BCUT2D eigenvalue weighted by Gasteiger charge is -2.36. The molecule has 1 atom stereocenters. The third-order valence-electron chi connectivity index (χ3n) is 9.92. The van der Waals surface area contributed by atoms with E-state index in [0.717, 1.165) is 51.4 Å². The fourth-order valence-electron chi connectivity index (χ4n) is 7.11. The number of rotatable bonds is 32. The molecule has 0 saturated heterocycles. The van der Waals surface area contributed by atoms with E-state index in [9.17, 15) is 9.59 Å². The van der Waals surface area contributed by atoms with E-state index in [1.807, 2.05) is 0 Å². The van der Waals surface area contributed by atoms with Crippen LogP contribution in [0.3, 0.4) is 0 Å². The molecule has 0 aromatic rings. The van der Waals surface area contributed by atoms with Gasteiger partial charge in [0.05, 0.1) is 0 Å². The van der Waals surface area contributed by atoms with E-state index >= 15 is 0 Å². The summed E-state index contributed by atoms with van der Waals surface area (Å²) in [5, 5.41) is 18.1. The van der Waals surface area contributed by atoms with Gasteiger partial charge in [-0.2, -0.15) is 0 Å². The number of carboxylic acids is 2. The third kappa shape index (κ3) is 22.0. The summed E-state index contributed by atoms with van der Waals surface area (Å²) in [5.41, 5.74) is 3.40. The number of carbonyl (C=O) groups is 2. The highest BCUT2D eigenvalue weighted by Gasteiger charge is 2.31. The van der Waals surface area contributed by atoms with E-state index in [4.69, 9.17) is 10.2 Å². The standard InChI is InChI=1S/C40H72O4/c1-3-5-7-9-11-13-14-16-18-26-33-40(32-25-17-15-12-10-8-6-4-2)34-31-36(27-21-19-23-29-38(41)42)37(35-40)28-22-20-24-30-39(43)44/h31,34H,3-30,32-33,35H2,1-2H3,(H,41,42)(H,43,44). The summed E-state index contributed by atoms with van der Waals surface area (Å²) >= 11 is 0. The maximum Gasteiger partial charge on any atom is 0.303 e. The van der Waals surface area contributed by atoms with Crippen LogP contribution in [0.25, 0.3) is 0 Å². The largest absolute Gasteiger partial charge is 0.481 e. The molecular weight excluding hydrogens is 544 g/mol. The molecule has 2 N–H and O–H groups in total. The van der Waals surface area contributed by atoms with Gasteiger partial charge in [0.15, 0.2) is 0 Å². The van der Waals surface area contributed by atoms with Crippen LogP contribution in [-0.2, 0) is 9.59 Å². The highest BCUT2D eigenvalue weighted by atomic mass is 16.4. The van der Waals surface area contributed by atoms with Crippen molar-refractivity contribution in [3.8, 4) is 0 Å². The number of carboxylic acid groups (broad SMARTS) is 2.